The van der Waals surface area contributed by atoms with Gasteiger partial charge in [-0.25, -0.2) is 8.42 Å². The molecule has 0 aromatic carbocycles. The zero-order valence-electron chi connectivity index (χ0n) is 12.5. The molecule has 8 heteroatoms. The maximum Gasteiger partial charge on any atom is 0.238 e. The Labute approximate surface area is 125 Å². The molecule has 0 spiro atoms. The highest BCUT2D eigenvalue weighted by Gasteiger charge is 2.22. The molecular formula is C12H24N4O2S2. The fourth-order valence-corrected chi connectivity index (χ4v) is 3.68. The number of nitrogens with zero attached hydrogens (tertiary/aromatic N) is 2. The lowest BCUT2D eigenvalue weighted by atomic mass is 10.1. The first-order valence-electron chi connectivity index (χ1n) is 6.89. The first-order chi connectivity index (χ1) is 9.35. The summed E-state index contributed by atoms with van der Waals surface area (Å²) in [5.74, 6) is 0.476. The quantitative estimate of drug-likeness (QED) is 0.679. The van der Waals surface area contributed by atoms with Crippen molar-refractivity contribution >= 4 is 26.5 Å². The molecule has 1 unspecified atom stereocenters. The Morgan fingerprint density at radius 3 is 2.55 bits per heavy atom. The van der Waals surface area contributed by atoms with E-state index in [1.54, 1.807) is 6.92 Å². The van der Waals surface area contributed by atoms with Crippen LogP contribution in [0.15, 0.2) is 0 Å². The van der Waals surface area contributed by atoms with Gasteiger partial charge in [0, 0.05) is 13.0 Å². The van der Waals surface area contributed by atoms with Crippen LogP contribution in [-0.2, 0) is 16.4 Å². The predicted molar refractivity (Wildman–Crippen MR) is 83.6 cm³/mol. The fourth-order valence-electron chi connectivity index (χ4n) is 1.54. The van der Waals surface area contributed by atoms with Gasteiger partial charge < -0.3 is 5.32 Å². The first kappa shape index (κ1) is 17.3. The average molecular weight is 320 g/mol. The van der Waals surface area contributed by atoms with E-state index in [2.05, 4.69) is 34.1 Å². The number of aromatic nitrogens is 2. The van der Waals surface area contributed by atoms with E-state index in [0.29, 0.717) is 17.6 Å². The van der Waals surface area contributed by atoms with E-state index in [1.807, 2.05) is 6.92 Å². The molecule has 1 heterocycles. The van der Waals surface area contributed by atoms with Crippen LogP contribution >= 0.6 is 11.3 Å². The van der Waals surface area contributed by atoms with Gasteiger partial charge in [0.25, 0.3) is 0 Å². The molecule has 0 aliphatic carbocycles. The van der Waals surface area contributed by atoms with Gasteiger partial charge in [-0.15, -0.1) is 10.2 Å². The fraction of sp³-hybridized carbons (Fsp3) is 0.833. The van der Waals surface area contributed by atoms with E-state index in [4.69, 9.17) is 0 Å². The highest BCUT2D eigenvalue weighted by atomic mass is 32.2. The van der Waals surface area contributed by atoms with Crippen LogP contribution in [0.2, 0.25) is 0 Å². The van der Waals surface area contributed by atoms with Gasteiger partial charge in [-0.1, -0.05) is 32.1 Å². The zero-order chi connectivity index (χ0) is 15.2. The molecule has 2 N–H and O–H groups in total. The smallest absolute Gasteiger partial charge is 0.238 e. The van der Waals surface area contributed by atoms with E-state index in [-0.39, 0.29) is 0 Å². The molecule has 0 saturated heterocycles. The molecule has 1 rings (SSSR count). The number of hydrogen-bond donors (Lipinski definition) is 2. The minimum Gasteiger partial charge on any atom is -0.315 e. The van der Waals surface area contributed by atoms with Gasteiger partial charge in [-0.05, 0) is 25.8 Å². The molecule has 0 aliphatic heterocycles. The average Bonchev–Trinajstić information content (AvgIpc) is 2.74. The maximum absolute atomic E-state index is 12.1. The number of anilines is 1. The lowest BCUT2D eigenvalue weighted by Crippen LogP contribution is -2.35. The lowest BCUT2D eigenvalue weighted by Gasteiger charge is -2.13. The highest BCUT2D eigenvalue weighted by molar-refractivity contribution is 7.93. The Morgan fingerprint density at radius 2 is 1.95 bits per heavy atom. The molecule has 0 aliphatic rings. The van der Waals surface area contributed by atoms with Crippen LogP contribution in [0.1, 0.15) is 39.1 Å². The number of sulfonamides is 1. The summed E-state index contributed by atoms with van der Waals surface area (Å²) in [7, 11) is -3.41. The summed E-state index contributed by atoms with van der Waals surface area (Å²) in [6.45, 7) is 9.15. The van der Waals surface area contributed by atoms with E-state index < -0.39 is 15.3 Å². The molecule has 20 heavy (non-hydrogen) atoms. The molecule has 0 amide bonds. The van der Waals surface area contributed by atoms with E-state index in [0.717, 1.165) is 24.4 Å². The van der Waals surface area contributed by atoms with Crippen LogP contribution < -0.4 is 10.0 Å². The van der Waals surface area contributed by atoms with Crippen molar-refractivity contribution in [2.75, 3.05) is 17.8 Å². The van der Waals surface area contributed by atoms with Gasteiger partial charge >= 0.3 is 0 Å². The van der Waals surface area contributed by atoms with Crippen LogP contribution in [0.5, 0.6) is 0 Å². The Bertz CT molecular complexity index is 499. The van der Waals surface area contributed by atoms with Crippen molar-refractivity contribution in [1.29, 1.82) is 0 Å². The third-order valence-corrected chi connectivity index (χ3v) is 5.36. The predicted octanol–water partition coefficient (Wildman–Crippen LogP) is 1.87. The normalized spacial score (nSPS) is 13.7. The molecule has 1 aromatic rings. The molecule has 116 valence electrons. The first-order valence-corrected chi connectivity index (χ1v) is 9.26. The van der Waals surface area contributed by atoms with Crippen molar-refractivity contribution in [2.24, 2.45) is 5.92 Å². The second kappa shape index (κ2) is 7.90. The topological polar surface area (TPSA) is 84.0 Å². The number of nitrogens with one attached hydrogen (secondary N) is 2. The lowest BCUT2D eigenvalue weighted by molar-refractivity contribution is 0.575. The van der Waals surface area contributed by atoms with Gasteiger partial charge in [0.1, 0.15) is 5.01 Å². The SMILES string of the molecule is CCCNCC(C)S(=O)(=O)Nc1nnc(CC(C)C)s1. The molecule has 6 nitrogen and oxygen atoms in total. The second-order valence-electron chi connectivity index (χ2n) is 5.26. The van der Waals surface area contributed by atoms with Crippen molar-refractivity contribution in [1.82, 2.24) is 15.5 Å². The summed E-state index contributed by atoms with van der Waals surface area (Å²) in [6.07, 6.45) is 1.79. The summed E-state index contributed by atoms with van der Waals surface area (Å²) in [5.41, 5.74) is 0. The Morgan fingerprint density at radius 1 is 1.25 bits per heavy atom. The highest BCUT2D eigenvalue weighted by Crippen LogP contribution is 2.20. The zero-order valence-corrected chi connectivity index (χ0v) is 14.1. The van der Waals surface area contributed by atoms with Crippen LogP contribution in [0.3, 0.4) is 0 Å². The van der Waals surface area contributed by atoms with Crippen LogP contribution in [0.25, 0.3) is 0 Å². The van der Waals surface area contributed by atoms with Crippen LogP contribution in [0.4, 0.5) is 5.13 Å². The largest absolute Gasteiger partial charge is 0.315 e. The van der Waals surface area contributed by atoms with Crippen molar-refractivity contribution in [3.63, 3.8) is 0 Å². The van der Waals surface area contributed by atoms with Gasteiger partial charge in [0.05, 0.1) is 5.25 Å². The van der Waals surface area contributed by atoms with Crippen molar-refractivity contribution in [2.45, 2.75) is 45.8 Å². The number of rotatable bonds is 9. The maximum atomic E-state index is 12.1. The summed E-state index contributed by atoms with van der Waals surface area (Å²) in [6, 6.07) is 0. The number of hydrogen-bond acceptors (Lipinski definition) is 6. The van der Waals surface area contributed by atoms with Gasteiger partial charge in [-0.2, -0.15) is 0 Å². The third-order valence-electron chi connectivity index (χ3n) is 2.67. The molecule has 0 radical (unpaired) electrons. The Balaban J connectivity index is 2.59. The van der Waals surface area contributed by atoms with Crippen molar-refractivity contribution < 1.29 is 8.42 Å². The standard InChI is InChI=1S/C12H24N4O2S2/c1-5-6-13-8-10(4)20(17,18)16-12-15-14-11(19-12)7-9(2)3/h9-10,13H,5-8H2,1-4H3,(H,15,16). The van der Waals surface area contributed by atoms with Gasteiger partial charge in [0.2, 0.25) is 15.2 Å². The summed E-state index contributed by atoms with van der Waals surface area (Å²) in [4.78, 5) is 0. The van der Waals surface area contributed by atoms with Crippen molar-refractivity contribution in [3.05, 3.63) is 5.01 Å². The minimum absolute atomic E-state index is 0.350. The molecular weight excluding hydrogens is 296 g/mol. The summed E-state index contributed by atoms with van der Waals surface area (Å²) >= 11 is 1.30. The Kier molecular flexibility index (Phi) is 6.84. The van der Waals surface area contributed by atoms with Gasteiger partial charge in [0.15, 0.2) is 0 Å². The molecule has 1 aromatic heterocycles. The van der Waals surface area contributed by atoms with Gasteiger partial charge in [-0.3, -0.25) is 4.72 Å². The molecule has 1 atom stereocenters. The monoisotopic (exact) mass is 320 g/mol. The van der Waals surface area contributed by atoms with E-state index in [9.17, 15) is 8.42 Å². The molecule has 0 fully saturated rings. The summed E-state index contributed by atoms with van der Waals surface area (Å²) < 4.78 is 26.7. The van der Waals surface area contributed by atoms with Crippen LogP contribution in [0, 0.1) is 5.92 Å². The third kappa shape index (κ3) is 5.72. The second-order valence-corrected chi connectivity index (χ2v) is 8.42. The minimum atomic E-state index is -3.41. The van der Waals surface area contributed by atoms with E-state index >= 15 is 0 Å². The van der Waals surface area contributed by atoms with Crippen LogP contribution in [-0.4, -0.2) is 37.0 Å². The van der Waals surface area contributed by atoms with Crippen molar-refractivity contribution in [3.8, 4) is 0 Å². The molecule has 0 saturated carbocycles. The molecule has 0 bridgehead atoms. The Hall–Kier alpha value is -0.730. The van der Waals surface area contributed by atoms with E-state index in [1.165, 1.54) is 11.3 Å². The summed E-state index contributed by atoms with van der Waals surface area (Å²) in [5, 5.41) is 11.7.